The van der Waals surface area contributed by atoms with E-state index in [-0.39, 0.29) is 0 Å². The first-order chi connectivity index (χ1) is 13.8. The molecule has 1 saturated heterocycles. The van der Waals surface area contributed by atoms with Crippen LogP contribution in [0.25, 0.3) is 10.9 Å². The number of aromatic nitrogens is 1. The lowest BCUT2D eigenvalue weighted by Crippen LogP contribution is -2.46. The van der Waals surface area contributed by atoms with Crippen molar-refractivity contribution in [3.8, 4) is 11.5 Å². The number of ether oxygens (including phenoxy) is 2. The Morgan fingerprint density at radius 2 is 1.68 bits per heavy atom. The minimum absolute atomic E-state index is 0.915. The zero-order chi connectivity index (χ0) is 19.3. The van der Waals surface area contributed by atoms with Gasteiger partial charge in [-0.2, -0.15) is 0 Å². The number of benzene rings is 2. The Morgan fingerprint density at radius 3 is 2.46 bits per heavy atom. The molecule has 0 spiro atoms. The van der Waals surface area contributed by atoms with E-state index in [0.29, 0.717) is 0 Å². The summed E-state index contributed by atoms with van der Waals surface area (Å²) in [4.78, 5) is 5.00. The third-order valence-corrected chi connectivity index (χ3v) is 5.65. The molecule has 0 amide bonds. The predicted octanol–water partition coefficient (Wildman–Crippen LogP) is 3.87. The fourth-order valence-corrected chi connectivity index (χ4v) is 4.07. The number of rotatable bonds is 7. The molecule has 0 atom stereocenters. The van der Waals surface area contributed by atoms with Crippen molar-refractivity contribution in [1.29, 1.82) is 0 Å². The van der Waals surface area contributed by atoms with Gasteiger partial charge in [-0.3, -0.25) is 4.90 Å². The molecule has 0 aliphatic carbocycles. The van der Waals surface area contributed by atoms with Crippen LogP contribution < -0.4 is 14.4 Å². The second-order valence-electron chi connectivity index (χ2n) is 7.29. The van der Waals surface area contributed by atoms with Gasteiger partial charge < -0.3 is 18.9 Å². The molecule has 0 bridgehead atoms. The third kappa shape index (κ3) is 3.94. The smallest absolute Gasteiger partial charge is 0.142 e. The number of hydrogen-bond donors (Lipinski definition) is 0. The first-order valence-corrected chi connectivity index (χ1v) is 10.0. The lowest BCUT2D eigenvalue weighted by Gasteiger charge is -2.36. The van der Waals surface area contributed by atoms with Crippen LogP contribution in [0, 0.1) is 0 Å². The van der Waals surface area contributed by atoms with Crippen molar-refractivity contribution in [1.82, 2.24) is 9.47 Å². The highest BCUT2D eigenvalue weighted by Gasteiger charge is 2.19. The van der Waals surface area contributed by atoms with Crippen molar-refractivity contribution in [3.63, 3.8) is 0 Å². The Labute approximate surface area is 167 Å². The minimum atomic E-state index is 0.915. The molecular weight excluding hydrogens is 350 g/mol. The van der Waals surface area contributed by atoms with Gasteiger partial charge in [0.2, 0.25) is 0 Å². The number of hydrogen-bond acceptors (Lipinski definition) is 4. The molecule has 28 heavy (non-hydrogen) atoms. The largest absolute Gasteiger partial charge is 0.497 e. The van der Waals surface area contributed by atoms with Gasteiger partial charge in [0.25, 0.3) is 0 Å². The van der Waals surface area contributed by atoms with E-state index in [0.717, 1.165) is 57.2 Å². The van der Waals surface area contributed by atoms with Gasteiger partial charge in [-0.05, 0) is 49.4 Å². The van der Waals surface area contributed by atoms with Crippen molar-refractivity contribution in [3.05, 3.63) is 54.7 Å². The van der Waals surface area contributed by atoms with Crippen LogP contribution in [0.15, 0.2) is 54.7 Å². The predicted molar refractivity (Wildman–Crippen MR) is 115 cm³/mol. The fourth-order valence-electron chi connectivity index (χ4n) is 4.07. The standard InChI is InChI=1S/C23H29N3O2/c1-27-20-8-9-21-19(18-20)10-13-25(21)12-5-11-24-14-16-26(17-15-24)22-6-3-4-7-23(22)28-2/h3-4,6-10,13,18H,5,11-12,14-17H2,1-2H3. The summed E-state index contributed by atoms with van der Waals surface area (Å²) in [5.74, 6) is 1.88. The summed E-state index contributed by atoms with van der Waals surface area (Å²) in [6, 6.07) is 16.8. The average molecular weight is 380 g/mol. The molecule has 0 radical (unpaired) electrons. The summed E-state index contributed by atoms with van der Waals surface area (Å²) >= 11 is 0. The highest BCUT2D eigenvalue weighted by molar-refractivity contribution is 5.81. The molecule has 3 aromatic rings. The van der Waals surface area contributed by atoms with E-state index in [2.05, 4.69) is 50.9 Å². The molecule has 2 heterocycles. The minimum Gasteiger partial charge on any atom is -0.497 e. The highest BCUT2D eigenvalue weighted by atomic mass is 16.5. The number of anilines is 1. The molecule has 5 heteroatoms. The van der Waals surface area contributed by atoms with Crippen molar-refractivity contribution >= 4 is 16.6 Å². The van der Waals surface area contributed by atoms with E-state index < -0.39 is 0 Å². The van der Waals surface area contributed by atoms with E-state index in [1.54, 1.807) is 14.2 Å². The summed E-state index contributed by atoms with van der Waals surface area (Å²) in [7, 11) is 3.46. The maximum Gasteiger partial charge on any atom is 0.142 e. The number of nitrogens with zero attached hydrogens (tertiary/aromatic N) is 3. The molecule has 0 N–H and O–H groups in total. The van der Waals surface area contributed by atoms with Gasteiger partial charge in [0, 0.05) is 49.8 Å². The molecule has 1 fully saturated rings. The van der Waals surface area contributed by atoms with Crippen LogP contribution in [0.5, 0.6) is 11.5 Å². The molecule has 1 aromatic heterocycles. The lowest BCUT2D eigenvalue weighted by atomic mass is 10.2. The molecular formula is C23H29N3O2. The molecule has 0 unspecified atom stereocenters. The molecule has 2 aromatic carbocycles. The second-order valence-corrected chi connectivity index (χ2v) is 7.29. The number of methoxy groups -OCH3 is 2. The molecule has 4 rings (SSSR count). The summed E-state index contributed by atoms with van der Waals surface area (Å²) in [6.07, 6.45) is 3.34. The topological polar surface area (TPSA) is 29.9 Å². The number of fused-ring (bicyclic) bond motifs is 1. The molecule has 0 saturated carbocycles. The normalized spacial score (nSPS) is 15.1. The summed E-state index contributed by atoms with van der Waals surface area (Å²) in [5, 5.41) is 1.24. The zero-order valence-corrected chi connectivity index (χ0v) is 16.8. The van der Waals surface area contributed by atoms with E-state index >= 15 is 0 Å². The van der Waals surface area contributed by atoms with Gasteiger partial charge >= 0.3 is 0 Å². The number of aryl methyl sites for hydroxylation is 1. The highest BCUT2D eigenvalue weighted by Crippen LogP contribution is 2.28. The van der Waals surface area contributed by atoms with Gasteiger partial charge in [0.1, 0.15) is 11.5 Å². The van der Waals surface area contributed by atoms with Gasteiger partial charge in [0.05, 0.1) is 19.9 Å². The van der Waals surface area contributed by atoms with Crippen molar-refractivity contribution < 1.29 is 9.47 Å². The van der Waals surface area contributed by atoms with Crippen molar-refractivity contribution in [2.75, 3.05) is 51.8 Å². The Kier molecular flexibility index (Phi) is 5.72. The van der Waals surface area contributed by atoms with Crippen molar-refractivity contribution in [2.24, 2.45) is 0 Å². The fraction of sp³-hybridized carbons (Fsp3) is 0.391. The van der Waals surface area contributed by atoms with Crippen LogP contribution in [0.2, 0.25) is 0 Å². The maximum absolute atomic E-state index is 5.52. The van der Waals surface area contributed by atoms with Gasteiger partial charge in [-0.15, -0.1) is 0 Å². The molecule has 1 aliphatic rings. The Bertz CT molecular complexity index is 913. The van der Waals surface area contributed by atoms with Gasteiger partial charge in [-0.25, -0.2) is 0 Å². The van der Waals surface area contributed by atoms with Crippen LogP contribution in [-0.4, -0.2) is 56.4 Å². The SMILES string of the molecule is COc1ccc2c(ccn2CCCN2CCN(c3ccccc3OC)CC2)c1. The quantitative estimate of drug-likeness (QED) is 0.623. The average Bonchev–Trinajstić information content (AvgIpc) is 3.16. The zero-order valence-electron chi connectivity index (χ0n) is 16.8. The summed E-state index contributed by atoms with van der Waals surface area (Å²) in [5.41, 5.74) is 2.49. The number of piperazine rings is 1. The van der Waals surface area contributed by atoms with Crippen LogP contribution >= 0.6 is 0 Å². The van der Waals surface area contributed by atoms with E-state index in [1.165, 1.54) is 16.6 Å². The van der Waals surface area contributed by atoms with E-state index in [1.807, 2.05) is 18.2 Å². The molecule has 148 valence electrons. The number of para-hydroxylation sites is 2. The summed E-state index contributed by atoms with van der Waals surface area (Å²) < 4.78 is 13.2. The van der Waals surface area contributed by atoms with E-state index in [4.69, 9.17) is 9.47 Å². The second kappa shape index (κ2) is 8.57. The van der Waals surface area contributed by atoms with Crippen LogP contribution in [0.4, 0.5) is 5.69 Å². The first-order valence-electron chi connectivity index (χ1n) is 10.0. The van der Waals surface area contributed by atoms with Gasteiger partial charge in [0.15, 0.2) is 0 Å². The van der Waals surface area contributed by atoms with Crippen LogP contribution in [0.3, 0.4) is 0 Å². The Morgan fingerprint density at radius 1 is 0.857 bits per heavy atom. The monoisotopic (exact) mass is 379 g/mol. The molecule has 5 nitrogen and oxygen atoms in total. The third-order valence-electron chi connectivity index (χ3n) is 5.65. The van der Waals surface area contributed by atoms with Gasteiger partial charge in [-0.1, -0.05) is 12.1 Å². The lowest BCUT2D eigenvalue weighted by molar-refractivity contribution is 0.250. The maximum atomic E-state index is 5.52. The van der Waals surface area contributed by atoms with E-state index in [9.17, 15) is 0 Å². The molecule has 1 aliphatic heterocycles. The van der Waals surface area contributed by atoms with Crippen LogP contribution in [-0.2, 0) is 6.54 Å². The first kappa shape index (κ1) is 18.7. The van der Waals surface area contributed by atoms with Crippen molar-refractivity contribution in [2.45, 2.75) is 13.0 Å². The Hall–Kier alpha value is -2.66. The summed E-state index contributed by atoms with van der Waals surface area (Å²) in [6.45, 7) is 6.47. The van der Waals surface area contributed by atoms with Crippen LogP contribution in [0.1, 0.15) is 6.42 Å². The Balaban J connectivity index is 1.28.